The third-order valence-corrected chi connectivity index (χ3v) is 5.58. The number of sulfonamides is 1. The van der Waals surface area contributed by atoms with E-state index in [1.807, 2.05) is 0 Å². The maximum atomic E-state index is 14.4. The summed E-state index contributed by atoms with van der Waals surface area (Å²) in [6.07, 6.45) is 1.18. The van der Waals surface area contributed by atoms with Gasteiger partial charge >= 0.3 is 0 Å². The molecular formula is C18H18ClFN2O4S. The fourth-order valence-electron chi connectivity index (χ4n) is 2.99. The van der Waals surface area contributed by atoms with Gasteiger partial charge in [0.05, 0.1) is 32.2 Å². The van der Waals surface area contributed by atoms with Crippen molar-refractivity contribution in [2.75, 3.05) is 20.5 Å². The molecule has 0 spiro atoms. The van der Waals surface area contributed by atoms with Gasteiger partial charge in [-0.25, -0.2) is 12.8 Å². The Balaban J connectivity index is 2.10. The third-order valence-electron chi connectivity index (χ3n) is 4.23. The molecule has 0 radical (unpaired) electrons. The molecule has 9 heteroatoms. The summed E-state index contributed by atoms with van der Waals surface area (Å²) < 4.78 is 50.4. The lowest BCUT2D eigenvalue weighted by Gasteiger charge is -2.22. The molecule has 0 N–H and O–H groups in total. The van der Waals surface area contributed by atoms with Gasteiger partial charge in [0.15, 0.2) is 0 Å². The molecule has 0 saturated heterocycles. The molecule has 3 rings (SSSR count). The van der Waals surface area contributed by atoms with Gasteiger partial charge < -0.3 is 9.47 Å². The van der Waals surface area contributed by atoms with Crippen molar-refractivity contribution in [3.05, 3.63) is 58.4 Å². The second kappa shape index (κ2) is 7.36. The van der Waals surface area contributed by atoms with Crippen molar-refractivity contribution in [1.82, 2.24) is 4.41 Å². The zero-order chi connectivity index (χ0) is 19.8. The highest BCUT2D eigenvalue weighted by molar-refractivity contribution is 7.88. The van der Waals surface area contributed by atoms with E-state index in [2.05, 4.69) is 5.10 Å². The molecule has 1 aliphatic rings. The van der Waals surface area contributed by atoms with Gasteiger partial charge in [-0.15, -0.1) is 0 Å². The topological polar surface area (TPSA) is 68.2 Å². The molecule has 1 atom stereocenters. The van der Waals surface area contributed by atoms with Gasteiger partial charge in [-0.2, -0.15) is 9.52 Å². The van der Waals surface area contributed by atoms with Gasteiger partial charge in [0, 0.05) is 28.6 Å². The Morgan fingerprint density at radius 2 is 1.81 bits per heavy atom. The Labute approximate surface area is 162 Å². The van der Waals surface area contributed by atoms with Crippen LogP contribution >= 0.6 is 11.6 Å². The minimum absolute atomic E-state index is 0.0956. The molecule has 0 aliphatic carbocycles. The van der Waals surface area contributed by atoms with Gasteiger partial charge in [-0.3, -0.25) is 0 Å². The molecule has 1 aliphatic heterocycles. The summed E-state index contributed by atoms with van der Waals surface area (Å²) in [4.78, 5) is 0. The first kappa shape index (κ1) is 19.4. The molecule has 6 nitrogen and oxygen atoms in total. The summed E-state index contributed by atoms with van der Waals surface area (Å²) in [5, 5.41) is 4.39. The van der Waals surface area contributed by atoms with Crippen LogP contribution in [0.4, 0.5) is 4.39 Å². The summed E-state index contributed by atoms with van der Waals surface area (Å²) in [5.74, 6) is 0.483. The van der Waals surface area contributed by atoms with Gasteiger partial charge in [0.25, 0.3) is 0 Å². The molecule has 0 unspecified atom stereocenters. The van der Waals surface area contributed by atoms with Crippen LogP contribution in [0, 0.1) is 5.82 Å². The van der Waals surface area contributed by atoms with Crippen LogP contribution in [0.15, 0.2) is 41.5 Å². The highest BCUT2D eigenvalue weighted by Crippen LogP contribution is 2.39. The smallest absolute Gasteiger partial charge is 0.247 e. The van der Waals surface area contributed by atoms with Crippen molar-refractivity contribution < 1.29 is 22.3 Å². The van der Waals surface area contributed by atoms with E-state index < -0.39 is 21.9 Å². The summed E-state index contributed by atoms with van der Waals surface area (Å²) in [7, 11) is -0.720. The van der Waals surface area contributed by atoms with Crippen molar-refractivity contribution in [3.8, 4) is 11.5 Å². The molecule has 0 bridgehead atoms. The monoisotopic (exact) mass is 412 g/mol. The first-order valence-corrected chi connectivity index (χ1v) is 10.2. The van der Waals surface area contributed by atoms with Crippen LogP contribution in [0.2, 0.25) is 5.02 Å². The van der Waals surface area contributed by atoms with Crippen LogP contribution < -0.4 is 9.47 Å². The zero-order valence-electron chi connectivity index (χ0n) is 14.9. The van der Waals surface area contributed by atoms with Crippen molar-refractivity contribution in [2.45, 2.75) is 12.5 Å². The highest BCUT2D eigenvalue weighted by atomic mass is 35.5. The van der Waals surface area contributed by atoms with Gasteiger partial charge in [0.2, 0.25) is 10.0 Å². The Hall–Kier alpha value is -2.32. The number of methoxy groups -OCH3 is 2. The average molecular weight is 413 g/mol. The summed E-state index contributed by atoms with van der Waals surface area (Å²) >= 11 is 6.16. The minimum Gasteiger partial charge on any atom is -0.497 e. The molecule has 27 heavy (non-hydrogen) atoms. The van der Waals surface area contributed by atoms with E-state index in [4.69, 9.17) is 21.1 Å². The average Bonchev–Trinajstić information content (AvgIpc) is 3.06. The quantitative estimate of drug-likeness (QED) is 0.752. The van der Waals surface area contributed by atoms with Crippen LogP contribution in [0.5, 0.6) is 11.5 Å². The molecule has 2 aromatic carbocycles. The second-order valence-corrected chi connectivity index (χ2v) is 8.29. The molecule has 0 saturated carbocycles. The molecule has 0 amide bonds. The predicted octanol–water partition coefficient (Wildman–Crippen LogP) is 3.61. The maximum Gasteiger partial charge on any atom is 0.247 e. The number of ether oxygens (including phenoxy) is 2. The summed E-state index contributed by atoms with van der Waals surface area (Å²) in [6.45, 7) is 0. The van der Waals surface area contributed by atoms with Crippen LogP contribution in [-0.4, -0.2) is 39.0 Å². The maximum absolute atomic E-state index is 14.4. The van der Waals surface area contributed by atoms with E-state index in [0.29, 0.717) is 22.8 Å². The zero-order valence-corrected chi connectivity index (χ0v) is 16.5. The van der Waals surface area contributed by atoms with Crippen molar-refractivity contribution in [3.63, 3.8) is 0 Å². The standard InChI is InChI=1S/C18H18ClFN2O4S/c1-25-12-7-11(8-13(9-12)26-2)16-10-17(22(21-16)27(3,23)24)18-14(19)5-4-6-15(18)20/h4-9,17H,10H2,1-3H3/t17-/m1/s1. The molecule has 144 valence electrons. The molecular weight excluding hydrogens is 395 g/mol. The normalized spacial score (nSPS) is 17.0. The summed E-state index contributed by atoms with van der Waals surface area (Å²) in [6, 6.07) is 8.48. The lowest BCUT2D eigenvalue weighted by molar-refractivity contribution is 0.365. The first-order valence-electron chi connectivity index (χ1n) is 7.99. The Morgan fingerprint density at radius 1 is 1.19 bits per heavy atom. The molecule has 0 fully saturated rings. The van der Waals surface area contributed by atoms with E-state index in [9.17, 15) is 12.8 Å². The lowest BCUT2D eigenvalue weighted by atomic mass is 9.98. The van der Waals surface area contributed by atoms with Crippen molar-refractivity contribution in [1.29, 1.82) is 0 Å². The fourth-order valence-corrected chi connectivity index (χ4v) is 4.17. The predicted molar refractivity (Wildman–Crippen MR) is 102 cm³/mol. The number of rotatable bonds is 5. The van der Waals surface area contributed by atoms with Crippen LogP contribution in [-0.2, 0) is 10.0 Å². The number of benzene rings is 2. The van der Waals surface area contributed by atoms with Crippen molar-refractivity contribution in [2.24, 2.45) is 5.10 Å². The van der Waals surface area contributed by atoms with Crippen LogP contribution in [0.25, 0.3) is 0 Å². The van der Waals surface area contributed by atoms with Crippen LogP contribution in [0.3, 0.4) is 0 Å². The Morgan fingerprint density at radius 3 is 2.33 bits per heavy atom. The third kappa shape index (κ3) is 3.86. The Kier molecular flexibility index (Phi) is 5.30. The molecule has 1 heterocycles. The minimum atomic E-state index is -3.75. The molecule has 0 aromatic heterocycles. The van der Waals surface area contributed by atoms with Crippen LogP contribution in [0.1, 0.15) is 23.6 Å². The van der Waals surface area contributed by atoms with Gasteiger partial charge in [-0.1, -0.05) is 17.7 Å². The van der Waals surface area contributed by atoms with E-state index in [1.165, 1.54) is 32.4 Å². The van der Waals surface area contributed by atoms with Gasteiger partial charge in [-0.05, 0) is 24.3 Å². The fraction of sp³-hybridized carbons (Fsp3) is 0.278. The Bertz CT molecular complexity index is 968. The van der Waals surface area contributed by atoms with E-state index in [-0.39, 0.29) is 17.0 Å². The highest BCUT2D eigenvalue weighted by Gasteiger charge is 2.37. The number of hydrazone groups is 1. The lowest BCUT2D eigenvalue weighted by Crippen LogP contribution is -2.26. The van der Waals surface area contributed by atoms with E-state index in [0.717, 1.165) is 10.7 Å². The number of halogens is 2. The van der Waals surface area contributed by atoms with Gasteiger partial charge in [0.1, 0.15) is 17.3 Å². The number of hydrogen-bond acceptors (Lipinski definition) is 5. The van der Waals surface area contributed by atoms with E-state index >= 15 is 0 Å². The van der Waals surface area contributed by atoms with E-state index in [1.54, 1.807) is 18.2 Å². The second-order valence-electron chi connectivity index (χ2n) is 6.04. The number of nitrogens with zero attached hydrogens (tertiary/aromatic N) is 2. The first-order chi connectivity index (χ1) is 12.7. The molecule has 2 aromatic rings. The van der Waals surface area contributed by atoms with Crippen molar-refractivity contribution >= 4 is 27.3 Å². The summed E-state index contributed by atoms with van der Waals surface area (Å²) in [5.41, 5.74) is 1.18. The number of hydrogen-bond donors (Lipinski definition) is 0. The SMILES string of the molecule is COc1cc(OC)cc(C2=NN(S(C)(=O)=O)[C@@H](c3c(F)cccc3Cl)C2)c1. The largest absolute Gasteiger partial charge is 0.497 e.